The van der Waals surface area contributed by atoms with Crippen LogP contribution in [0.4, 0.5) is 0 Å². The summed E-state index contributed by atoms with van der Waals surface area (Å²) in [4.78, 5) is 13.0. The third-order valence-corrected chi connectivity index (χ3v) is 7.66. The molecule has 3 aromatic rings. The maximum atomic E-state index is 12.8. The van der Waals surface area contributed by atoms with Crippen molar-refractivity contribution in [3.8, 4) is 11.5 Å². The molecule has 1 fully saturated rings. The number of rotatable bonds is 10. The molecular weight excluding hydrogens is 504 g/mol. The number of nitrogens with one attached hydrogen (secondary N) is 1. The number of hydrogen-bond donors (Lipinski definition) is 1. The average molecular weight is 531 g/mol. The fourth-order valence-corrected chi connectivity index (χ4v) is 5.19. The van der Waals surface area contributed by atoms with Crippen LogP contribution in [-0.2, 0) is 21.4 Å². The first-order valence-electron chi connectivity index (χ1n) is 11.5. The van der Waals surface area contributed by atoms with E-state index in [-0.39, 0.29) is 24.0 Å². The predicted octanol–water partition coefficient (Wildman–Crippen LogP) is 3.75. The average Bonchev–Trinajstić information content (AvgIpc) is 2.91. The molecule has 3 aromatic carbocycles. The van der Waals surface area contributed by atoms with Crippen LogP contribution in [0.15, 0.2) is 77.7 Å². The Morgan fingerprint density at radius 1 is 0.972 bits per heavy atom. The van der Waals surface area contributed by atoms with Crippen molar-refractivity contribution in [3.63, 3.8) is 0 Å². The molecule has 0 saturated carbocycles. The molecule has 0 aliphatic carbocycles. The van der Waals surface area contributed by atoms with Gasteiger partial charge in [0.15, 0.2) is 0 Å². The number of morpholine rings is 1. The molecule has 0 unspecified atom stereocenters. The van der Waals surface area contributed by atoms with Gasteiger partial charge < -0.3 is 19.5 Å². The van der Waals surface area contributed by atoms with E-state index in [0.717, 1.165) is 5.56 Å². The maximum Gasteiger partial charge on any atom is 0.255 e. The Labute approximate surface area is 215 Å². The first kappa shape index (κ1) is 26.0. The van der Waals surface area contributed by atoms with Crippen molar-refractivity contribution >= 4 is 27.5 Å². The van der Waals surface area contributed by atoms with Gasteiger partial charge in [-0.15, -0.1) is 0 Å². The minimum Gasteiger partial charge on any atom is -0.492 e. The summed E-state index contributed by atoms with van der Waals surface area (Å²) in [6.45, 7) is 2.21. The van der Waals surface area contributed by atoms with Crippen LogP contribution in [-0.4, -0.2) is 58.1 Å². The Balaban J connectivity index is 1.28. The second-order valence-electron chi connectivity index (χ2n) is 8.01. The molecule has 4 rings (SSSR count). The van der Waals surface area contributed by atoms with Crippen molar-refractivity contribution in [1.29, 1.82) is 0 Å². The van der Waals surface area contributed by atoms with Crippen LogP contribution in [0.1, 0.15) is 15.9 Å². The molecule has 1 heterocycles. The number of hydrogen-bond acceptors (Lipinski definition) is 6. The first-order valence-corrected chi connectivity index (χ1v) is 13.3. The zero-order valence-electron chi connectivity index (χ0n) is 19.6. The number of carbonyl (C=O) groups excluding carboxylic acids is 1. The minimum atomic E-state index is -3.56. The molecule has 1 aliphatic heterocycles. The standard InChI is InChI=1S/C26H27ClN2O6S/c27-21-6-11-25(35-19-20-4-2-1-3-5-20)24(18-21)26(30)28-12-15-34-22-7-9-23(10-8-22)36(31,32)29-13-16-33-17-14-29/h1-11,18H,12-17,19H2,(H,28,30). The lowest BCUT2D eigenvalue weighted by Crippen LogP contribution is -2.40. The molecule has 1 saturated heterocycles. The fraction of sp³-hybridized carbons (Fsp3) is 0.269. The van der Waals surface area contributed by atoms with Gasteiger partial charge in [0.1, 0.15) is 24.7 Å². The molecule has 0 aromatic heterocycles. The van der Waals surface area contributed by atoms with Crippen LogP contribution in [0.25, 0.3) is 0 Å². The third kappa shape index (κ3) is 6.76. The van der Waals surface area contributed by atoms with E-state index < -0.39 is 10.0 Å². The van der Waals surface area contributed by atoms with E-state index in [9.17, 15) is 13.2 Å². The first-order chi connectivity index (χ1) is 17.4. The number of halogens is 1. The minimum absolute atomic E-state index is 0.197. The van der Waals surface area contributed by atoms with Gasteiger partial charge >= 0.3 is 0 Å². The van der Waals surface area contributed by atoms with Gasteiger partial charge in [-0.2, -0.15) is 4.31 Å². The van der Waals surface area contributed by atoms with E-state index in [1.165, 1.54) is 16.4 Å². The zero-order chi connectivity index (χ0) is 25.4. The van der Waals surface area contributed by atoms with Crippen LogP contribution < -0.4 is 14.8 Å². The Kier molecular flexibility index (Phi) is 8.82. The number of amides is 1. The van der Waals surface area contributed by atoms with E-state index in [1.807, 2.05) is 30.3 Å². The summed E-state index contributed by atoms with van der Waals surface area (Å²) in [6.07, 6.45) is 0. The molecule has 8 nitrogen and oxygen atoms in total. The molecule has 1 amide bonds. The quantitative estimate of drug-likeness (QED) is 0.401. The zero-order valence-corrected chi connectivity index (χ0v) is 21.1. The van der Waals surface area contributed by atoms with E-state index in [1.54, 1.807) is 30.3 Å². The van der Waals surface area contributed by atoms with Crippen LogP contribution >= 0.6 is 11.6 Å². The monoisotopic (exact) mass is 530 g/mol. The van der Waals surface area contributed by atoms with Gasteiger partial charge in [0.2, 0.25) is 10.0 Å². The van der Waals surface area contributed by atoms with Gasteiger partial charge in [-0.3, -0.25) is 4.79 Å². The summed E-state index contributed by atoms with van der Waals surface area (Å²) >= 11 is 6.10. The van der Waals surface area contributed by atoms with Crippen LogP contribution in [0.3, 0.4) is 0 Å². The maximum absolute atomic E-state index is 12.8. The van der Waals surface area contributed by atoms with Crippen molar-refractivity contribution < 1.29 is 27.4 Å². The molecule has 0 spiro atoms. The van der Waals surface area contributed by atoms with Crippen molar-refractivity contribution in [3.05, 3.63) is 88.9 Å². The summed E-state index contributed by atoms with van der Waals surface area (Å²) in [6, 6.07) is 20.8. The lowest BCUT2D eigenvalue weighted by Gasteiger charge is -2.26. The molecule has 10 heteroatoms. The lowest BCUT2D eigenvalue weighted by molar-refractivity contribution is 0.0730. The number of carbonyl (C=O) groups is 1. The summed E-state index contributed by atoms with van der Waals surface area (Å²) in [5, 5.41) is 3.22. The lowest BCUT2D eigenvalue weighted by atomic mass is 10.2. The number of ether oxygens (including phenoxy) is 3. The van der Waals surface area contributed by atoms with E-state index >= 15 is 0 Å². The molecule has 1 aliphatic rings. The number of benzene rings is 3. The molecule has 0 radical (unpaired) electrons. The van der Waals surface area contributed by atoms with Gasteiger partial charge in [-0.1, -0.05) is 41.9 Å². The predicted molar refractivity (Wildman–Crippen MR) is 136 cm³/mol. The highest BCUT2D eigenvalue weighted by atomic mass is 35.5. The molecule has 190 valence electrons. The Hall–Kier alpha value is -3.11. The Morgan fingerprint density at radius 3 is 2.42 bits per heavy atom. The normalized spacial score (nSPS) is 14.2. The van der Waals surface area contributed by atoms with E-state index in [4.69, 9.17) is 25.8 Å². The molecule has 0 bridgehead atoms. The van der Waals surface area contributed by atoms with Crippen LogP contribution in [0.2, 0.25) is 5.02 Å². The SMILES string of the molecule is O=C(NCCOc1ccc(S(=O)(=O)N2CCOCC2)cc1)c1cc(Cl)ccc1OCc1ccccc1. The van der Waals surface area contributed by atoms with Crippen LogP contribution in [0, 0.1) is 0 Å². The molecule has 36 heavy (non-hydrogen) atoms. The Morgan fingerprint density at radius 2 is 1.69 bits per heavy atom. The van der Waals surface area contributed by atoms with Gasteiger partial charge in [0.25, 0.3) is 5.91 Å². The van der Waals surface area contributed by atoms with Crippen molar-refractivity contribution in [2.45, 2.75) is 11.5 Å². The summed E-state index contributed by atoms with van der Waals surface area (Å²) in [5.74, 6) is 0.592. The molecule has 1 N–H and O–H groups in total. The second-order valence-corrected chi connectivity index (χ2v) is 10.4. The van der Waals surface area contributed by atoms with E-state index in [0.29, 0.717) is 55.0 Å². The smallest absolute Gasteiger partial charge is 0.255 e. The van der Waals surface area contributed by atoms with Crippen LogP contribution in [0.5, 0.6) is 11.5 Å². The summed E-state index contributed by atoms with van der Waals surface area (Å²) in [7, 11) is -3.56. The highest BCUT2D eigenvalue weighted by Crippen LogP contribution is 2.24. The highest BCUT2D eigenvalue weighted by Gasteiger charge is 2.26. The largest absolute Gasteiger partial charge is 0.492 e. The topological polar surface area (TPSA) is 94.2 Å². The molecular formula is C26H27ClN2O6S. The third-order valence-electron chi connectivity index (χ3n) is 5.51. The molecule has 0 atom stereocenters. The fourth-order valence-electron chi connectivity index (χ4n) is 3.61. The van der Waals surface area contributed by atoms with Gasteiger partial charge in [-0.25, -0.2) is 8.42 Å². The number of nitrogens with zero attached hydrogens (tertiary/aromatic N) is 1. The highest BCUT2D eigenvalue weighted by molar-refractivity contribution is 7.89. The van der Waals surface area contributed by atoms with Gasteiger partial charge in [0.05, 0.1) is 30.2 Å². The van der Waals surface area contributed by atoms with Crippen molar-refractivity contribution in [1.82, 2.24) is 9.62 Å². The second kappa shape index (κ2) is 12.2. The number of sulfonamides is 1. The van der Waals surface area contributed by atoms with Gasteiger partial charge in [-0.05, 0) is 48.0 Å². The van der Waals surface area contributed by atoms with E-state index in [2.05, 4.69) is 5.32 Å². The van der Waals surface area contributed by atoms with Crippen molar-refractivity contribution in [2.24, 2.45) is 0 Å². The summed E-state index contributed by atoms with van der Waals surface area (Å²) < 4.78 is 43.6. The van der Waals surface area contributed by atoms with Gasteiger partial charge in [0, 0.05) is 18.1 Å². The van der Waals surface area contributed by atoms with Crippen molar-refractivity contribution in [2.75, 3.05) is 39.5 Å². The Bertz CT molecular complexity index is 1260. The summed E-state index contributed by atoms with van der Waals surface area (Å²) in [5.41, 5.74) is 1.31.